The molecule has 8 nitrogen and oxygen atoms in total. The second-order valence-corrected chi connectivity index (χ2v) is 8.02. The van der Waals surface area contributed by atoms with Crippen LogP contribution in [0.15, 0.2) is 41.3 Å². The molecule has 26 heavy (non-hydrogen) atoms. The average molecular weight is 398 g/mol. The monoisotopic (exact) mass is 397 g/mol. The minimum absolute atomic E-state index is 0.0466. The van der Waals surface area contributed by atoms with Gasteiger partial charge in [0.15, 0.2) is 9.84 Å². The quantitative estimate of drug-likeness (QED) is 0.571. The van der Waals surface area contributed by atoms with Gasteiger partial charge in [-0.3, -0.25) is 14.9 Å². The SMILES string of the molecule is Cc1cc(Cl)ccc1NC(=O)CNc1ccc(S(C)(=O)=O)cc1[N+](=O)[O-]. The Hall–Kier alpha value is -2.65. The first-order chi connectivity index (χ1) is 12.1. The molecule has 10 heteroatoms. The van der Waals surface area contributed by atoms with Crippen LogP contribution in [0.25, 0.3) is 0 Å². The van der Waals surface area contributed by atoms with E-state index in [4.69, 9.17) is 11.6 Å². The molecule has 0 aliphatic carbocycles. The van der Waals surface area contributed by atoms with Crippen LogP contribution in [0, 0.1) is 17.0 Å². The Morgan fingerprint density at radius 2 is 1.85 bits per heavy atom. The van der Waals surface area contributed by atoms with Crippen molar-refractivity contribution in [1.82, 2.24) is 0 Å². The largest absolute Gasteiger partial charge is 0.371 e. The lowest BCUT2D eigenvalue weighted by molar-refractivity contribution is -0.384. The van der Waals surface area contributed by atoms with E-state index in [1.54, 1.807) is 25.1 Å². The zero-order valence-electron chi connectivity index (χ0n) is 13.9. The Kier molecular flexibility index (Phi) is 5.83. The van der Waals surface area contributed by atoms with Crippen molar-refractivity contribution in [2.45, 2.75) is 11.8 Å². The van der Waals surface area contributed by atoms with Crippen LogP contribution in [-0.4, -0.2) is 32.0 Å². The number of anilines is 2. The third-order valence-electron chi connectivity index (χ3n) is 3.50. The second-order valence-electron chi connectivity index (χ2n) is 5.57. The summed E-state index contributed by atoms with van der Waals surface area (Å²) in [5, 5.41) is 17.0. The number of aryl methyl sites for hydroxylation is 1. The first kappa shape index (κ1) is 19.7. The summed E-state index contributed by atoms with van der Waals surface area (Å²) < 4.78 is 23.1. The molecule has 1 amide bonds. The maximum Gasteiger partial charge on any atom is 0.293 e. The molecule has 0 fully saturated rings. The van der Waals surface area contributed by atoms with Crippen LogP contribution < -0.4 is 10.6 Å². The van der Waals surface area contributed by atoms with Crippen LogP contribution in [0.5, 0.6) is 0 Å². The Morgan fingerprint density at radius 3 is 2.42 bits per heavy atom. The van der Waals surface area contributed by atoms with Crippen molar-refractivity contribution in [2.75, 3.05) is 23.4 Å². The standard InChI is InChI=1S/C16H16ClN3O5S/c1-10-7-11(17)3-5-13(10)19-16(21)9-18-14-6-4-12(26(2,24)25)8-15(14)20(22)23/h3-8,18H,9H2,1-2H3,(H,19,21). The van der Waals surface area contributed by atoms with Gasteiger partial charge in [0.2, 0.25) is 5.91 Å². The normalized spacial score (nSPS) is 11.0. The fraction of sp³-hybridized carbons (Fsp3) is 0.188. The van der Waals surface area contributed by atoms with E-state index in [1.165, 1.54) is 12.1 Å². The number of nitro groups is 1. The van der Waals surface area contributed by atoms with Crippen LogP contribution in [-0.2, 0) is 14.6 Å². The number of carbonyl (C=O) groups excluding carboxylic acids is 1. The number of benzene rings is 2. The van der Waals surface area contributed by atoms with Crippen LogP contribution in [0.1, 0.15) is 5.56 Å². The Balaban J connectivity index is 2.13. The predicted octanol–water partition coefficient (Wildman–Crippen LogP) is 3.01. The van der Waals surface area contributed by atoms with Gasteiger partial charge >= 0.3 is 0 Å². The summed E-state index contributed by atoms with van der Waals surface area (Å²) in [4.78, 5) is 22.3. The molecule has 2 N–H and O–H groups in total. The van der Waals surface area contributed by atoms with Crippen LogP contribution >= 0.6 is 11.6 Å². The van der Waals surface area contributed by atoms with E-state index in [9.17, 15) is 23.3 Å². The summed E-state index contributed by atoms with van der Waals surface area (Å²) in [5.41, 5.74) is 0.964. The lowest BCUT2D eigenvalue weighted by atomic mass is 10.2. The minimum atomic E-state index is -3.58. The van der Waals surface area contributed by atoms with Crippen molar-refractivity contribution >= 4 is 44.4 Å². The Labute approximate surface area is 155 Å². The highest BCUT2D eigenvalue weighted by molar-refractivity contribution is 7.90. The molecular weight excluding hydrogens is 382 g/mol. The molecule has 0 radical (unpaired) electrons. The molecule has 0 saturated carbocycles. The molecule has 2 aromatic rings. The van der Waals surface area contributed by atoms with Gasteiger partial charge in [0.05, 0.1) is 16.4 Å². The highest BCUT2D eigenvalue weighted by Gasteiger charge is 2.19. The van der Waals surface area contributed by atoms with Gasteiger partial charge in [-0.1, -0.05) is 11.6 Å². The summed E-state index contributed by atoms with van der Waals surface area (Å²) >= 11 is 5.85. The molecule has 0 aliphatic rings. The van der Waals surface area contributed by atoms with Crippen molar-refractivity contribution in [2.24, 2.45) is 0 Å². The number of hydrogen-bond donors (Lipinski definition) is 2. The molecule has 0 saturated heterocycles. The number of sulfone groups is 1. The zero-order valence-corrected chi connectivity index (χ0v) is 15.5. The maximum atomic E-state index is 12.1. The van der Waals surface area contributed by atoms with Gasteiger partial charge in [-0.25, -0.2) is 8.42 Å². The van der Waals surface area contributed by atoms with Gasteiger partial charge < -0.3 is 10.6 Å². The molecular formula is C16H16ClN3O5S. The molecule has 138 valence electrons. The van der Waals surface area contributed by atoms with Gasteiger partial charge in [0.25, 0.3) is 5.69 Å². The number of nitro benzene ring substituents is 1. The van der Waals surface area contributed by atoms with E-state index in [2.05, 4.69) is 10.6 Å². The first-order valence-electron chi connectivity index (χ1n) is 7.36. The van der Waals surface area contributed by atoms with Gasteiger partial charge in [-0.2, -0.15) is 0 Å². The number of amides is 1. The summed E-state index contributed by atoms with van der Waals surface area (Å²) in [7, 11) is -3.58. The fourth-order valence-electron chi connectivity index (χ4n) is 2.18. The minimum Gasteiger partial charge on any atom is -0.371 e. The van der Waals surface area contributed by atoms with E-state index in [-0.39, 0.29) is 17.1 Å². The lowest BCUT2D eigenvalue weighted by Crippen LogP contribution is -2.22. The van der Waals surface area contributed by atoms with Gasteiger partial charge in [-0.15, -0.1) is 0 Å². The van der Waals surface area contributed by atoms with Crippen molar-refractivity contribution < 1.29 is 18.1 Å². The molecule has 0 heterocycles. The summed E-state index contributed by atoms with van der Waals surface area (Å²) in [5.74, 6) is -0.420. The molecule has 0 aromatic heterocycles. The summed E-state index contributed by atoms with van der Waals surface area (Å²) in [6.07, 6.45) is 0.959. The average Bonchev–Trinajstić information content (AvgIpc) is 2.54. The topological polar surface area (TPSA) is 118 Å². The van der Waals surface area contributed by atoms with Crippen molar-refractivity contribution in [1.29, 1.82) is 0 Å². The number of halogens is 1. The maximum absolute atomic E-state index is 12.1. The number of hydrogen-bond acceptors (Lipinski definition) is 6. The van der Waals surface area contributed by atoms with Gasteiger partial charge in [0, 0.05) is 23.0 Å². The van der Waals surface area contributed by atoms with Gasteiger partial charge in [0.1, 0.15) is 5.69 Å². The smallest absolute Gasteiger partial charge is 0.293 e. The fourth-order valence-corrected chi connectivity index (χ4v) is 3.05. The number of nitrogens with zero attached hydrogens (tertiary/aromatic N) is 1. The Bertz CT molecular complexity index is 976. The zero-order chi connectivity index (χ0) is 19.5. The van der Waals surface area contributed by atoms with E-state index in [1.807, 2.05) is 0 Å². The lowest BCUT2D eigenvalue weighted by Gasteiger charge is -2.11. The van der Waals surface area contributed by atoms with Gasteiger partial charge in [-0.05, 0) is 42.8 Å². The van der Waals surface area contributed by atoms with E-state index in [0.717, 1.165) is 17.9 Å². The van der Waals surface area contributed by atoms with Crippen LogP contribution in [0.2, 0.25) is 5.02 Å². The van der Waals surface area contributed by atoms with E-state index >= 15 is 0 Å². The molecule has 2 aromatic carbocycles. The van der Waals surface area contributed by atoms with Crippen molar-refractivity contribution in [3.63, 3.8) is 0 Å². The second kappa shape index (κ2) is 7.71. The molecule has 0 unspecified atom stereocenters. The number of rotatable bonds is 6. The van der Waals surface area contributed by atoms with Crippen molar-refractivity contribution in [3.05, 3.63) is 57.1 Å². The van der Waals surface area contributed by atoms with Crippen LogP contribution in [0.3, 0.4) is 0 Å². The predicted molar refractivity (Wildman–Crippen MR) is 99.5 cm³/mol. The highest BCUT2D eigenvalue weighted by Crippen LogP contribution is 2.27. The molecule has 0 atom stereocenters. The van der Waals surface area contributed by atoms with E-state index in [0.29, 0.717) is 10.7 Å². The molecule has 0 bridgehead atoms. The Morgan fingerprint density at radius 1 is 1.19 bits per heavy atom. The summed E-state index contributed by atoms with van der Waals surface area (Å²) in [6.45, 7) is 1.55. The third-order valence-corrected chi connectivity index (χ3v) is 4.84. The van der Waals surface area contributed by atoms with Crippen molar-refractivity contribution in [3.8, 4) is 0 Å². The first-order valence-corrected chi connectivity index (χ1v) is 9.63. The molecule has 0 spiro atoms. The van der Waals surface area contributed by atoms with E-state index < -0.39 is 26.4 Å². The highest BCUT2D eigenvalue weighted by atomic mass is 35.5. The molecule has 2 rings (SSSR count). The third kappa shape index (κ3) is 4.93. The number of nitrogens with one attached hydrogen (secondary N) is 2. The molecule has 0 aliphatic heterocycles. The summed E-state index contributed by atoms with van der Waals surface area (Å²) in [6, 6.07) is 8.44. The number of carbonyl (C=O) groups is 1. The van der Waals surface area contributed by atoms with Crippen LogP contribution in [0.4, 0.5) is 17.1 Å².